The van der Waals surface area contributed by atoms with E-state index in [4.69, 9.17) is 24.4 Å². The summed E-state index contributed by atoms with van der Waals surface area (Å²) in [4.78, 5) is 35.3. The van der Waals surface area contributed by atoms with E-state index in [1.807, 2.05) is 37.8 Å². The van der Waals surface area contributed by atoms with E-state index in [2.05, 4.69) is 69.7 Å². The lowest BCUT2D eigenvalue weighted by Gasteiger charge is -2.49. The Bertz CT molecular complexity index is 2640. The molecule has 0 unspecified atom stereocenters. The summed E-state index contributed by atoms with van der Waals surface area (Å²) >= 11 is 0. The number of hydrogen-bond donors (Lipinski definition) is 0. The van der Waals surface area contributed by atoms with Crippen LogP contribution in [0.15, 0.2) is 30.3 Å². The largest absolute Gasteiger partial charge is 0.463 e. The van der Waals surface area contributed by atoms with E-state index in [0.717, 1.165) is 25.7 Å². The third-order valence-corrected chi connectivity index (χ3v) is 22.4. The summed E-state index contributed by atoms with van der Waals surface area (Å²) in [5, 5.41) is 1.68. The van der Waals surface area contributed by atoms with E-state index >= 15 is 8.78 Å². The minimum Gasteiger partial charge on any atom is -0.463 e. The first-order valence-corrected chi connectivity index (χ1v) is 27.1. The fraction of sp³-hybridized carbons (Fsp3) is 0.623. The van der Waals surface area contributed by atoms with Gasteiger partial charge in [0.2, 0.25) is 0 Å². The number of benzene rings is 2. The Labute approximate surface area is 398 Å². The molecule has 2 bridgehead atoms. The number of aromatic nitrogens is 3. The number of pyridine rings is 1. The molecule has 4 aromatic rings. The van der Waals surface area contributed by atoms with Gasteiger partial charge in [0.15, 0.2) is 5.82 Å². The van der Waals surface area contributed by atoms with Crippen LogP contribution in [0.4, 0.5) is 32.6 Å². The quantitative estimate of drug-likeness (QED) is 0.0932. The zero-order valence-electron chi connectivity index (χ0n) is 41.3. The van der Waals surface area contributed by atoms with Crippen LogP contribution in [-0.2, 0) is 11.2 Å². The first kappa shape index (κ1) is 48.5. The van der Waals surface area contributed by atoms with Gasteiger partial charge in [-0.3, -0.25) is 4.90 Å². The summed E-state index contributed by atoms with van der Waals surface area (Å²) in [6, 6.07) is 8.04. The van der Waals surface area contributed by atoms with E-state index in [-0.39, 0.29) is 77.8 Å². The van der Waals surface area contributed by atoms with E-state index in [0.29, 0.717) is 82.5 Å². The summed E-state index contributed by atoms with van der Waals surface area (Å²) in [6.45, 7) is 23.0. The fourth-order valence-electron chi connectivity index (χ4n) is 12.6. The standard InChI is InChI=1S/C53H67F5N6O3Si/c1-30(2)68(31(3)4,32(5)6)25-20-37-39(54)16-14-34-12-11-13-38(42(34)37)45-44(55)46-43-40(59-45)26-33(7)47-41-17-15-36(64(41)50(65)67-51(8,9)10)27-63(47)48(43)61-49(60-46)66-29-52(21-22-52)28-62-23-18-35(19-24-62)53(56,57)58/h11-14,16,30-33,35-36,41,47H,15,17-19,21-24,26-29H2,1-10H3/t33-,36+,41-,47-/m0/s1. The Hall–Kier alpha value is -4.55. The van der Waals surface area contributed by atoms with Crippen molar-refractivity contribution >= 4 is 41.7 Å². The molecule has 15 heteroatoms. The Morgan fingerprint density at radius 1 is 0.912 bits per heavy atom. The highest BCUT2D eigenvalue weighted by Gasteiger charge is 2.54. The van der Waals surface area contributed by atoms with Crippen LogP contribution in [-0.4, -0.2) is 102 Å². The van der Waals surface area contributed by atoms with Crippen molar-refractivity contribution in [2.45, 2.75) is 161 Å². The first-order chi connectivity index (χ1) is 32.0. The van der Waals surface area contributed by atoms with Crippen LogP contribution in [0.3, 0.4) is 0 Å². The van der Waals surface area contributed by atoms with Gasteiger partial charge < -0.3 is 19.3 Å². The van der Waals surface area contributed by atoms with Crippen molar-refractivity contribution in [3.8, 4) is 28.7 Å². The Balaban J connectivity index is 1.16. The van der Waals surface area contributed by atoms with Crippen LogP contribution >= 0.6 is 0 Å². The predicted octanol–water partition coefficient (Wildman–Crippen LogP) is 12.3. The molecule has 1 saturated carbocycles. The molecule has 1 aliphatic carbocycles. The molecule has 6 heterocycles. The van der Waals surface area contributed by atoms with Crippen LogP contribution in [0.5, 0.6) is 6.01 Å². The molecule has 0 N–H and O–H groups in total. The van der Waals surface area contributed by atoms with Gasteiger partial charge in [0.25, 0.3) is 0 Å². The lowest BCUT2D eigenvalue weighted by atomic mass is 9.88. The van der Waals surface area contributed by atoms with Crippen LogP contribution < -0.4 is 9.64 Å². The average molecular weight is 959 g/mol. The molecule has 2 aromatic heterocycles. The summed E-state index contributed by atoms with van der Waals surface area (Å²) in [5.74, 6) is 1.35. The first-order valence-electron chi connectivity index (χ1n) is 24.9. The van der Waals surface area contributed by atoms with Crippen molar-refractivity contribution in [3.05, 3.63) is 53.2 Å². The highest BCUT2D eigenvalue weighted by Crippen LogP contribution is 2.50. The number of hydrogen-bond acceptors (Lipinski definition) is 8. The summed E-state index contributed by atoms with van der Waals surface area (Å²) < 4.78 is 87.5. The lowest BCUT2D eigenvalue weighted by molar-refractivity contribution is -0.185. The van der Waals surface area contributed by atoms with Crippen LogP contribution in [0.2, 0.25) is 16.6 Å². The molecule has 9 rings (SSSR count). The van der Waals surface area contributed by atoms with Gasteiger partial charge in [0, 0.05) is 29.5 Å². The molecule has 4 atom stereocenters. The van der Waals surface area contributed by atoms with Gasteiger partial charge in [-0.15, -0.1) is 5.54 Å². The third-order valence-electron chi connectivity index (χ3n) is 16.1. The maximum absolute atomic E-state index is 18.1. The number of piperidine rings is 1. The van der Waals surface area contributed by atoms with Gasteiger partial charge in [0.1, 0.15) is 36.5 Å². The number of fused-ring (bicyclic) bond motifs is 6. The molecule has 4 fully saturated rings. The van der Waals surface area contributed by atoms with Crippen molar-refractivity contribution < 1.29 is 36.2 Å². The molecule has 3 saturated heterocycles. The molecule has 5 aliphatic rings. The van der Waals surface area contributed by atoms with Gasteiger partial charge in [0.05, 0.1) is 47.3 Å². The Morgan fingerprint density at radius 3 is 2.24 bits per heavy atom. The molecular formula is C53H67F5N6O3Si. The van der Waals surface area contributed by atoms with Crippen LogP contribution in [0.1, 0.15) is 119 Å². The fourth-order valence-corrected chi connectivity index (χ4v) is 17.8. The SMILES string of the molecule is CC(C)[Si](C#Cc1c(F)ccc2cccc(-c3nc4c5c(nc(OCC6(CN7CCC(C(F)(F)F)CC7)CC6)nc5c3F)N3C[C@H]5CC[C@@H]([C@@H]3[C@@H](C)C4)N5C(=O)OC(C)(C)C)c12)(C(C)C)C(C)C. The van der Waals surface area contributed by atoms with Gasteiger partial charge in [-0.25, -0.2) is 18.6 Å². The van der Waals surface area contributed by atoms with Gasteiger partial charge in [-0.05, 0) is 113 Å². The number of ether oxygens (including phenoxy) is 2. The van der Waals surface area contributed by atoms with Crippen molar-refractivity contribution in [1.82, 2.24) is 24.8 Å². The van der Waals surface area contributed by atoms with Gasteiger partial charge >= 0.3 is 18.3 Å². The molecule has 68 heavy (non-hydrogen) atoms. The predicted molar refractivity (Wildman–Crippen MR) is 259 cm³/mol. The van der Waals surface area contributed by atoms with Crippen molar-refractivity contribution in [1.29, 1.82) is 0 Å². The molecule has 366 valence electrons. The number of rotatable bonds is 9. The number of amides is 1. The number of likely N-dealkylation sites (tertiary alicyclic amines) is 1. The highest BCUT2D eigenvalue weighted by molar-refractivity contribution is 6.90. The summed E-state index contributed by atoms with van der Waals surface area (Å²) in [6.07, 6.45) is -0.741. The van der Waals surface area contributed by atoms with Crippen molar-refractivity contribution in [3.63, 3.8) is 0 Å². The minimum absolute atomic E-state index is 0.000323. The van der Waals surface area contributed by atoms with Gasteiger partial charge in [-0.1, -0.05) is 78.7 Å². The number of carbonyl (C=O) groups excluding carboxylic acids is 1. The highest BCUT2D eigenvalue weighted by atomic mass is 28.3. The van der Waals surface area contributed by atoms with E-state index in [9.17, 15) is 18.0 Å². The second-order valence-corrected chi connectivity index (χ2v) is 28.2. The molecular weight excluding hydrogens is 892 g/mol. The van der Waals surface area contributed by atoms with Crippen molar-refractivity contribution in [2.24, 2.45) is 17.3 Å². The molecule has 0 spiro atoms. The van der Waals surface area contributed by atoms with Gasteiger partial charge in [-0.2, -0.15) is 23.1 Å². The Morgan fingerprint density at radius 2 is 1.60 bits per heavy atom. The normalized spacial score (nSPS) is 23.0. The maximum atomic E-state index is 18.1. The second kappa shape index (κ2) is 17.7. The van der Waals surface area contributed by atoms with Crippen molar-refractivity contribution in [2.75, 3.05) is 37.7 Å². The van der Waals surface area contributed by atoms with Crippen LogP contribution in [0, 0.1) is 40.3 Å². The average Bonchev–Trinajstić information content (AvgIpc) is 3.97. The molecule has 1 amide bonds. The number of halogens is 5. The summed E-state index contributed by atoms with van der Waals surface area (Å²) in [7, 11) is -2.31. The molecule has 2 aromatic carbocycles. The van der Waals surface area contributed by atoms with E-state index in [1.165, 1.54) is 6.07 Å². The number of alkyl halides is 3. The van der Waals surface area contributed by atoms with E-state index < -0.39 is 37.4 Å². The monoisotopic (exact) mass is 958 g/mol. The smallest absolute Gasteiger partial charge is 0.410 e. The zero-order valence-corrected chi connectivity index (χ0v) is 42.3. The number of anilines is 1. The second-order valence-electron chi connectivity index (χ2n) is 22.6. The van der Waals surface area contributed by atoms with E-state index in [1.54, 1.807) is 12.1 Å². The molecule has 9 nitrogen and oxygen atoms in total. The number of piperazine rings is 1. The Kier molecular flexibility index (Phi) is 12.6. The number of carbonyl (C=O) groups is 1. The zero-order chi connectivity index (χ0) is 48.8. The minimum atomic E-state index is -4.19. The number of nitrogens with zero attached hydrogens (tertiary/aromatic N) is 6. The molecule has 0 radical (unpaired) electrons. The lowest BCUT2D eigenvalue weighted by Crippen LogP contribution is -2.63. The van der Waals surface area contributed by atoms with Crippen LogP contribution in [0.25, 0.3) is 32.9 Å². The summed E-state index contributed by atoms with van der Waals surface area (Å²) in [5.41, 5.74) is 4.99. The third kappa shape index (κ3) is 8.72. The topological polar surface area (TPSA) is 83.9 Å². The maximum Gasteiger partial charge on any atom is 0.410 e. The molecule has 4 aliphatic heterocycles.